The molecule has 1 N–H and O–H groups in total. The molecular weight excluding hydrogens is 416 g/mol. The van der Waals surface area contributed by atoms with E-state index in [2.05, 4.69) is 31.2 Å². The average Bonchev–Trinajstić information content (AvgIpc) is 3.25. The van der Waals surface area contributed by atoms with Gasteiger partial charge in [0.25, 0.3) is 0 Å². The van der Waals surface area contributed by atoms with Crippen molar-refractivity contribution in [2.45, 2.75) is 37.1 Å². The zero-order chi connectivity index (χ0) is 21.5. The van der Waals surface area contributed by atoms with Crippen LogP contribution in [0, 0.1) is 0 Å². The van der Waals surface area contributed by atoms with Crippen LogP contribution in [-0.2, 0) is 15.3 Å². The fourth-order valence-electron chi connectivity index (χ4n) is 3.17. The summed E-state index contributed by atoms with van der Waals surface area (Å²) in [5.41, 5.74) is 2.83. The van der Waals surface area contributed by atoms with Gasteiger partial charge in [0.05, 0.1) is 22.8 Å². The third-order valence-electron chi connectivity index (χ3n) is 4.83. The van der Waals surface area contributed by atoms with Crippen LogP contribution < -0.4 is 5.32 Å². The van der Waals surface area contributed by atoms with E-state index in [1.807, 2.05) is 42.6 Å². The number of anilines is 1. The van der Waals surface area contributed by atoms with Crippen molar-refractivity contribution in [1.82, 2.24) is 14.6 Å². The van der Waals surface area contributed by atoms with Gasteiger partial charge in [0.2, 0.25) is 10.1 Å². The van der Waals surface area contributed by atoms with Crippen LogP contribution in [0.25, 0.3) is 4.96 Å². The number of nitrogens with zero attached hydrogens (tertiary/aromatic N) is 3. The Labute approximate surface area is 180 Å². The molecule has 0 bridgehead atoms. The summed E-state index contributed by atoms with van der Waals surface area (Å²) in [7, 11) is -3.30. The molecule has 0 saturated heterocycles. The van der Waals surface area contributed by atoms with Crippen molar-refractivity contribution < 1.29 is 8.42 Å². The standard InChI is InChI=1S/C22H24N4O2S2/c1-22(2,3)18-14-26-21(23-18)29-20(25-26)24-19(15-9-6-5-7-10-15)16-11-8-12-17(13-16)30(4,27)28/h5-14,19H,1-4H3,(H,24,25). The molecule has 30 heavy (non-hydrogen) atoms. The van der Waals surface area contributed by atoms with Gasteiger partial charge in [0.15, 0.2) is 9.84 Å². The number of sulfone groups is 1. The average molecular weight is 441 g/mol. The maximum absolute atomic E-state index is 12.1. The first-order valence-electron chi connectivity index (χ1n) is 9.59. The molecule has 6 nitrogen and oxygen atoms in total. The molecule has 0 fully saturated rings. The van der Waals surface area contributed by atoms with Gasteiger partial charge in [-0.2, -0.15) is 0 Å². The Morgan fingerprint density at radius 1 is 1.03 bits per heavy atom. The van der Waals surface area contributed by atoms with E-state index in [4.69, 9.17) is 4.98 Å². The van der Waals surface area contributed by atoms with Crippen LogP contribution in [0.2, 0.25) is 0 Å². The number of benzene rings is 2. The van der Waals surface area contributed by atoms with E-state index in [0.29, 0.717) is 4.90 Å². The molecular formula is C22H24N4O2S2. The minimum Gasteiger partial charge on any atom is -0.349 e. The first kappa shape index (κ1) is 20.6. The number of hydrogen-bond acceptors (Lipinski definition) is 6. The maximum atomic E-state index is 12.1. The minimum atomic E-state index is -3.30. The second-order valence-corrected chi connectivity index (χ2v) is 11.3. The summed E-state index contributed by atoms with van der Waals surface area (Å²) in [6.07, 6.45) is 3.18. The van der Waals surface area contributed by atoms with Gasteiger partial charge in [0, 0.05) is 11.7 Å². The summed E-state index contributed by atoms with van der Waals surface area (Å²) < 4.78 is 25.9. The van der Waals surface area contributed by atoms with Crippen LogP contribution >= 0.6 is 11.3 Å². The van der Waals surface area contributed by atoms with Gasteiger partial charge in [-0.3, -0.25) is 0 Å². The first-order chi connectivity index (χ1) is 14.1. The topological polar surface area (TPSA) is 76.4 Å². The lowest BCUT2D eigenvalue weighted by atomic mass is 9.93. The molecule has 4 rings (SSSR count). The number of hydrogen-bond donors (Lipinski definition) is 1. The second-order valence-electron chi connectivity index (χ2n) is 8.34. The van der Waals surface area contributed by atoms with Crippen LogP contribution in [0.15, 0.2) is 65.7 Å². The molecule has 0 saturated carbocycles. The summed E-state index contributed by atoms with van der Waals surface area (Å²) in [6, 6.07) is 16.7. The van der Waals surface area contributed by atoms with Gasteiger partial charge in [-0.25, -0.2) is 17.9 Å². The number of fused-ring (bicyclic) bond motifs is 1. The predicted molar refractivity (Wildman–Crippen MR) is 121 cm³/mol. The molecule has 1 unspecified atom stereocenters. The smallest absolute Gasteiger partial charge is 0.214 e. The highest BCUT2D eigenvalue weighted by molar-refractivity contribution is 7.90. The van der Waals surface area contributed by atoms with Gasteiger partial charge < -0.3 is 5.32 Å². The Bertz CT molecular complexity index is 1250. The number of rotatable bonds is 5. The van der Waals surface area contributed by atoms with E-state index in [0.717, 1.165) is 26.9 Å². The van der Waals surface area contributed by atoms with E-state index in [1.165, 1.54) is 17.6 Å². The highest BCUT2D eigenvalue weighted by atomic mass is 32.2. The van der Waals surface area contributed by atoms with Crippen molar-refractivity contribution in [3.8, 4) is 0 Å². The number of imidazole rings is 1. The third kappa shape index (κ3) is 4.24. The van der Waals surface area contributed by atoms with Crippen molar-refractivity contribution in [1.29, 1.82) is 0 Å². The zero-order valence-corrected chi connectivity index (χ0v) is 19.0. The van der Waals surface area contributed by atoms with Crippen molar-refractivity contribution in [3.63, 3.8) is 0 Å². The van der Waals surface area contributed by atoms with Gasteiger partial charge in [-0.15, -0.1) is 5.10 Å². The van der Waals surface area contributed by atoms with Crippen LogP contribution in [0.1, 0.15) is 43.6 Å². The quantitative estimate of drug-likeness (QED) is 0.487. The van der Waals surface area contributed by atoms with Gasteiger partial charge >= 0.3 is 0 Å². The summed E-state index contributed by atoms with van der Waals surface area (Å²) in [4.78, 5) is 5.82. The van der Waals surface area contributed by atoms with E-state index in [1.54, 1.807) is 22.7 Å². The van der Waals surface area contributed by atoms with Crippen molar-refractivity contribution in [2.24, 2.45) is 0 Å². The lowest BCUT2D eigenvalue weighted by molar-refractivity contribution is 0.572. The van der Waals surface area contributed by atoms with Crippen LogP contribution in [0.5, 0.6) is 0 Å². The zero-order valence-electron chi connectivity index (χ0n) is 17.3. The largest absolute Gasteiger partial charge is 0.349 e. The normalized spacial score (nSPS) is 13.5. The molecule has 156 valence electrons. The number of aromatic nitrogens is 3. The Hall–Kier alpha value is -2.71. The molecule has 2 heterocycles. The van der Waals surface area contributed by atoms with Gasteiger partial charge in [-0.05, 0) is 23.3 Å². The SMILES string of the molecule is CC(C)(C)c1cn2nc(NC(c3ccccc3)c3cccc(S(C)(=O)=O)c3)sc2n1. The molecule has 0 radical (unpaired) electrons. The fourth-order valence-corrected chi connectivity index (χ4v) is 4.66. The molecule has 2 aromatic carbocycles. The summed E-state index contributed by atoms with van der Waals surface area (Å²) >= 11 is 1.47. The number of nitrogens with one attached hydrogen (secondary N) is 1. The summed E-state index contributed by atoms with van der Waals surface area (Å²) in [5.74, 6) is 0. The van der Waals surface area contributed by atoms with E-state index in [9.17, 15) is 8.42 Å². The molecule has 1 atom stereocenters. The van der Waals surface area contributed by atoms with Crippen molar-refractivity contribution in [3.05, 3.63) is 77.6 Å². The Morgan fingerprint density at radius 3 is 2.37 bits per heavy atom. The minimum absolute atomic E-state index is 0.0420. The monoisotopic (exact) mass is 440 g/mol. The molecule has 0 aliphatic rings. The fraction of sp³-hybridized carbons (Fsp3) is 0.273. The first-order valence-corrected chi connectivity index (χ1v) is 12.3. The van der Waals surface area contributed by atoms with Gasteiger partial charge in [0.1, 0.15) is 0 Å². The highest BCUT2D eigenvalue weighted by Crippen LogP contribution is 2.31. The second kappa shape index (κ2) is 7.52. The summed E-state index contributed by atoms with van der Waals surface area (Å²) in [6.45, 7) is 6.37. The molecule has 8 heteroatoms. The summed E-state index contributed by atoms with van der Waals surface area (Å²) in [5, 5.41) is 8.85. The van der Waals surface area contributed by atoms with E-state index >= 15 is 0 Å². The van der Waals surface area contributed by atoms with Crippen LogP contribution in [0.3, 0.4) is 0 Å². The Morgan fingerprint density at radius 2 is 1.73 bits per heavy atom. The van der Waals surface area contributed by atoms with Crippen molar-refractivity contribution in [2.75, 3.05) is 11.6 Å². The lowest BCUT2D eigenvalue weighted by Gasteiger charge is -2.19. The molecule has 4 aromatic rings. The third-order valence-corrected chi connectivity index (χ3v) is 6.80. The van der Waals surface area contributed by atoms with E-state index in [-0.39, 0.29) is 11.5 Å². The van der Waals surface area contributed by atoms with Crippen LogP contribution in [0.4, 0.5) is 5.13 Å². The predicted octanol–water partition coefficient (Wildman–Crippen LogP) is 4.69. The molecule has 2 aromatic heterocycles. The van der Waals surface area contributed by atoms with Gasteiger partial charge in [-0.1, -0.05) is 74.6 Å². The molecule has 0 spiro atoms. The highest BCUT2D eigenvalue weighted by Gasteiger charge is 2.21. The maximum Gasteiger partial charge on any atom is 0.214 e. The molecule has 0 amide bonds. The van der Waals surface area contributed by atoms with Crippen molar-refractivity contribution >= 4 is 31.3 Å². The van der Waals surface area contributed by atoms with E-state index < -0.39 is 9.84 Å². The molecule has 0 aliphatic carbocycles. The molecule has 0 aliphatic heterocycles. The lowest BCUT2D eigenvalue weighted by Crippen LogP contribution is -2.13. The Balaban J connectivity index is 1.73. The Kier molecular flexibility index (Phi) is 5.15. The van der Waals surface area contributed by atoms with Crippen LogP contribution in [-0.4, -0.2) is 29.3 Å².